The van der Waals surface area contributed by atoms with Crippen LogP contribution in [0.3, 0.4) is 0 Å². The van der Waals surface area contributed by atoms with Crippen LogP contribution in [0.2, 0.25) is 0 Å². The second-order valence-corrected chi connectivity index (χ2v) is 7.62. The Balaban J connectivity index is 1.38. The van der Waals surface area contributed by atoms with Gasteiger partial charge in [-0.05, 0) is 29.8 Å². The molecule has 7 nitrogen and oxygen atoms in total. The number of rotatable bonds is 4. The molecule has 2 heterocycles. The number of piperazine rings is 1. The zero-order valence-electron chi connectivity index (χ0n) is 15.3. The highest BCUT2D eigenvalue weighted by Crippen LogP contribution is 2.29. The number of hydrogen-bond acceptors (Lipinski definition) is 6. The lowest BCUT2D eigenvalue weighted by Gasteiger charge is -2.34. The molecule has 0 aliphatic carbocycles. The quantitative estimate of drug-likeness (QED) is 0.371. The number of amides is 1. The Morgan fingerprint density at radius 3 is 2.72 bits per heavy atom. The van der Waals surface area contributed by atoms with Crippen LogP contribution in [0.4, 0.5) is 15.2 Å². The Hall–Kier alpha value is -3.33. The van der Waals surface area contributed by atoms with Crippen LogP contribution >= 0.6 is 11.3 Å². The fourth-order valence-corrected chi connectivity index (χ4v) is 4.20. The fourth-order valence-electron chi connectivity index (χ4n) is 3.15. The first-order chi connectivity index (χ1) is 14.0. The molecule has 1 aliphatic rings. The van der Waals surface area contributed by atoms with E-state index in [0.717, 1.165) is 15.3 Å². The van der Waals surface area contributed by atoms with Crippen molar-refractivity contribution < 1.29 is 14.1 Å². The average molecular weight is 412 g/mol. The zero-order valence-corrected chi connectivity index (χ0v) is 16.1. The Kier molecular flexibility index (Phi) is 5.22. The van der Waals surface area contributed by atoms with Crippen molar-refractivity contribution in [3.05, 3.63) is 70.0 Å². The highest BCUT2D eigenvalue weighted by Gasteiger charge is 2.22. The van der Waals surface area contributed by atoms with Gasteiger partial charge in [0, 0.05) is 44.4 Å². The lowest BCUT2D eigenvalue weighted by molar-refractivity contribution is -0.384. The smallest absolute Gasteiger partial charge is 0.270 e. The number of hydrogen-bond donors (Lipinski definition) is 0. The van der Waals surface area contributed by atoms with Gasteiger partial charge in [0.05, 0.1) is 15.1 Å². The number of fused-ring (bicyclic) bond motifs is 1. The molecule has 0 bridgehead atoms. The van der Waals surface area contributed by atoms with Crippen molar-refractivity contribution in [1.29, 1.82) is 0 Å². The molecule has 3 aromatic rings. The summed E-state index contributed by atoms with van der Waals surface area (Å²) in [6, 6.07) is 10.7. The number of anilines is 1. The molecule has 2 aromatic carbocycles. The molecular weight excluding hydrogens is 395 g/mol. The van der Waals surface area contributed by atoms with E-state index in [4.69, 9.17) is 0 Å². The maximum Gasteiger partial charge on any atom is 0.270 e. The van der Waals surface area contributed by atoms with Crippen molar-refractivity contribution in [2.45, 2.75) is 0 Å². The van der Waals surface area contributed by atoms with E-state index in [-0.39, 0.29) is 17.4 Å². The normalized spacial score (nSPS) is 14.7. The highest BCUT2D eigenvalue weighted by atomic mass is 32.1. The van der Waals surface area contributed by atoms with Gasteiger partial charge in [-0.25, -0.2) is 9.37 Å². The van der Waals surface area contributed by atoms with Crippen LogP contribution in [0, 0.1) is 15.9 Å². The summed E-state index contributed by atoms with van der Waals surface area (Å²) in [6.07, 6.45) is 3.03. The molecule has 1 aromatic heterocycles. The number of carbonyl (C=O) groups is 1. The second kappa shape index (κ2) is 7.96. The molecule has 1 saturated heterocycles. The first kappa shape index (κ1) is 19.0. The maximum atomic E-state index is 13.4. The number of nitrogens with zero attached hydrogens (tertiary/aromatic N) is 4. The van der Waals surface area contributed by atoms with Crippen LogP contribution < -0.4 is 4.90 Å². The highest BCUT2D eigenvalue weighted by molar-refractivity contribution is 7.22. The number of halogens is 1. The van der Waals surface area contributed by atoms with Crippen LogP contribution in [0.5, 0.6) is 0 Å². The van der Waals surface area contributed by atoms with Gasteiger partial charge in [-0.2, -0.15) is 0 Å². The van der Waals surface area contributed by atoms with E-state index in [9.17, 15) is 19.3 Å². The van der Waals surface area contributed by atoms with Crippen LogP contribution in [-0.2, 0) is 4.79 Å². The van der Waals surface area contributed by atoms with Gasteiger partial charge in [0.2, 0.25) is 5.91 Å². The maximum absolute atomic E-state index is 13.4. The number of non-ortho nitro benzene ring substituents is 1. The third kappa shape index (κ3) is 4.24. The minimum absolute atomic E-state index is 0.0103. The summed E-state index contributed by atoms with van der Waals surface area (Å²) in [5.41, 5.74) is 1.36. The van der Waals surface area contributed by atoms with Gasteiger partial charge in [0.1, 0.15) is 5.82 Å². The topological polar surface area (TPSA) is 79.6 Å². The predicted molar refractivity (Wildman–Crippen MR) is 111 cm³/mol. The van der Waals surface area contributed by atoms with E-state index in [0.29, 0.717) is 31.7 Å². The average Bonchev–Trinajstić information content (AvgIpc) is 3.15. The van der Waals surface area contributed by atoms with E-state index in [1.54, 1.807) is 29.2 Å². The molecule has 9 heteroatoms. The van der Waals surface area contributed by atoms with Crippen LogP contribution in [0.25, 0.3) is 16.3 Å². The summed E-state index contributed by atoms with van der Waals surface area (Å²) in [6.45, 7) is 2.36. The van der Waals surface area contributed by atoms with E-state index < -0.39 is 4.92 Å². The number of thiazole rings is 1. The molecule has 1 fully saturated rings. The van der Waals surface area contributed by atoms with Crippen LogP contribution in [0.1, 0.15) is 5.56 Å². The number of nitro groups is 1. The summed E-state index contributed by atoms with van der Waals surface area (Å²) in [5, 5.41) is 11.7. The molecule has 1 aliphatic heterocycles. The van der Waals surface area contributed by atoms with Crippen LogP contribution in [-0.4, -0.2) is 46.9 Å². The summed E-state index contributed by atoms with van der Waals surface area (Å²) in [7, 11) is 0. The molecule has 0 spiro atoms. The molecule has 0 atom stereocenters. The van der Waals surface area contributed by atoms with Gasteiger partial charge in [-0.15, -0.1) is 0 Å². The lowest BCUT2D eigenvalue weighted by atomic mass is 10.2. The molecule has 0 N–H and O–H groups in total. The summed E-state index contributed by atoms with van der Waals surface area (Å²) >= 11 is 1.44. The standard InChI is InChI=1S/C20H17FN4O3S/c21-15-5-6-17-18(13-15)29-20(22-17)24-10-8-23(9-11-24)19(26)7-4-14-2-1-3-16(12-14)25(27)28/h1-7,12-13H,8-11H2/b7-4+. The molecule has 0 radical (unpaired) electrons. The third-order valence-corrected chi connectivity index (χ3v) is 5.78. The summed E-state index contributed by atoms with van der Waals surface area (Å²) in [4.78, 5) is 31.2. The molecular formula is C20H17FN4O3S. The van der Waals surface area contributed by atoms with Gasteiger partial charge >= 0.3 is 0 Å². The molecule has 29 heavy (non-hydrogen) atoms. The zero-order chi connectivity index (χ0) is 20.4. The first-order valence-electron chi connectivity index (χ1n) is 9.02. The molecule has 4 rings (SSSR count). The Morgan fingerprint density at radius 1 is 1.17 bits per heavy atom. The number of aromatic nitrogens is 1. The van der Waals surface area contributed by atoms with Crippen molar-refractivity contribution in [3.8, 4) is 0 Å². The van der Waals surface area contributed by atoms with Crippen molar-refractivity contribution in [1.82, 2.24) is 9.88 Å². The second-order valence-electron chi connectivity index (χ2n) is 6.61. The largest absolute Gasteiger partial charge is 0.345 e. The van der Waals surface area contributed by atoms with Gasteiger partial charge in [0.15, 0.2) is 5.13 Å². The monoisotopic (exact) mass is 412 g/mol. The van der Waals surface area contributed by atoms with Gasteiger partial charge in [-0.1, -0.05) is 23.5 Å². The molecule has 0 unspecified atom stereocenters. The summed E-state index contributed by atoms with van der Waals surface area (Å²) in [5.74, 6) is -0.416. The summed E-state index contributed by atoms with van der Waals surface area (Å²) < 4.78 is 14.2. The third-order valence-electron chi connectivity index (χ3n) is 4.70. The van der Waals surface area contributed by atoms with Crippen molar-refractivity contribution in [3.63, 3.8) is 0 Å². The van der Waals surface area contributed by atoms with Crippen LogP contribution in [0.15, 0.2) is 48.5 Å². The Labute approximate surface area is 169 Å². The van der Waals surface area contributed by atoms with E-state index in [2.05, 4.69) is 9.88 Å². The van der Waals surface area contributed by atoms with E-state index in [1.807, 2.05) is 0 Å². The molecule has 0 saturated carbocycles. The minimum Gasteiger partial charge on any atom is -0.345 e. The lowest BCUT2D eigenvalue weighted by Crippen LogP contribution is -2.48. The minimum atomic E-state index is -0.463. The first-order valence-corrected chi connectivity index (χ1v) is 9.84. The number of carbonyl (C=O) groups excluding carboxylic acids is 1. The van der Waals surface area contributed by atoms with Gasteiger partial charge in [-0.3, -0.25) is 14.9 Å². The van der Waals surface area contributed by atoms with Gasteiger partial charge in [0.25, 0.3) is 5.69 Å². The SMILES string of the molecule is O=C(/C=C/c1cccc([N+](=O)[O-])c1)N1CCN(c2nc3ccc(F)cc3s2)CC1. The fraction of sp³-hybridized carbons (Fsp3) is 0.200. The molecule has 1 amide bonds. The number of nitro benzene ring substituents is 1. The Morgan fingerprint density at radius 2 is 1.97 bits per heavy atom. The van der Waals surface area contributed by atoms with Crippen molar-refractivity contribution >= 4 is 44.4 Å². The van der Waals surface area contributed by atoms with Crippen molar-refractivity contribution in [2.24, 2.45) is 0 Å². The molecule has 148 valence electrons. The van der Waals surface area contributed by atoms with E-state index in [1.165, 1.54) is 41.7 Å². The van der Waals surface area contributed by atoms with Crippen molar-refractivity contribution in [2.75, 3.05) is 31.1 Å². The number of benzene rings is 2. The van der Waals surface area contributed by atoms with Gasteiger partial charge < -0.3 is 9.80 Å². The Bertz CT molecular complexity index is 1110. The van der Waals surface area contributed by atoms with E-state index >= 15 is 0 Å². The predicted octanol–water partition coefficient (Wildman–Crippen LogP) is 3.71.